The lowest BCUT2D eigenvalue weighted by Gasteiger charge is -2.10. The van der Waals surface area contributed by atoms with Crippen LogP contribution < -0.4 is 10.6 Å². The predicted molar refractivity (Wildman–Crippen MR) is 99.3 cm³/mol. The number of hydrogen-bond acceptors (Lipinski definition) is 3. The van der Waals surface area contributed by atoms with Gasteiger partial charge in [0.05, 0.1) is 5.56 Å². The molecule has 0 spiro atoms. The molecule has 24 heavy (non-hydrogen) atoms. The van der Waals surface area contributed by atoms with E-state index in [1.165, 1.54) is 0 Å². The number of benzene rings is 2. The molecule has 0 fully saturated rings. The summed E-state index contributed by atoms with van der Waals surface area (Å²) in [6.45, 7) is 4.15. The molecule has 0 radical (unpaired) electrons. The van der Waals surface area contributed by atoms with Gasteiger partial charge < -0.3 is 10.6 Å². The number of nitrogens with one attached hydrogen (secondary N) is 2. The molecule has 5 heteroatoms. The smallest absolute Gasteiger partial charge is 0.252 e. The molecule has 2 amide bonds. The van der Waals surface area contributed by atoms with Crippen molar-refractivity contribution in [2.24, 2.45) is 5.92 Å². The third-order valence-electron chi connectivity index (χ3n) is 3.55. The Labute approximate surface area is 147 Å². The van der Waals surface area contributed by atoms with E-state index in [2.05, 4.69) is 10.6 Å². The summed E-state index contributed by atoms with van der Waals surface area (Å²) >= 11 is 1.55. The molecule has 2 aromatic rings. The monoisotopic (exact) mass is 342 g/mol. The first-order valence-electron chi connectivity index (χ1n) is 7.82. The minimum Gasteiger partial charge on any atom is -0.348 e. The fraction of sp³-hybridized carbons (Fsp3) is 0.263. The average Bonchev–Trinajstić information content (AvgIpc) is 2.60. The summed E-state index contributed by atoms with van der Waals surface area (Å²) in [4.78, 5) is 24.9. The number of carbonyl (C=O) groups excluding carboxylic acids is 2. The number of rotatable bonds is 6. The highest BCUT2D eigenvalue weighted by molar-refractivity contribution is 7.98. The summed E-state index contributed by atoms with van der Waals surface area (Å²) in [5.74, 6) is -0.151. The molecule has 0 saturated heterocycles. The molecule has 0 heterocycles. The summed E-state index contributed by atoms with van der Waals surface area (Å²) in [5, 5.41) is 5.77. The van der Waals surface area contributed by atoms with E-state index in [0.29, 0.717) is 12.1 Å². The third kappa shape index (κ3) is 4.86. The molecule has 0 atom stereocenters. The second-order valence-electron chi connectivity index (χ2n) is 5.72. The predicted octanol–water partition coefficient (Wildman–Crippen LogP) is 3.93. The van der Waals surface area contributed by atoms with Crippen molar-refractivity contribution in [1.29, 1.82) is 0 Å². The van der Waals surface area contributed by atoms with Crippen LogP contribution in [0, 0.1) is 5.92 Å². The van der Waals surface area contributed by atoms with Gasteiger partial charge in [-0.05, 0) is 36.1 Å². The average molecular weight is 342 g/mol. The molecule has 0 saturated carbocycles. The van der Waals surface area contributed by atoms with Gasteiger partial charge in [0.1, 0.15) is 0 Å². The van der Waals surface area contributed by atoms with Crippen LogP contribution in [0.2, 0.25) is 0 Å². The first kappa shape index (κ1) is 18.1. The molecule has 0 aromatic heterocycles. The maximum Gasteiger partial charge on any atom is 0.252 e. The lowest BCUT2D eigenvalue weighted by Crippen LogP contribution is -2.23. The first-order chi connectivity index (χ1) is 11.5. The van der Waals surface area contributed by atoms with Gasteiger partial charge in [-0.1, -0.05) is 38.1 Å². The summed E-state index contributed by atoms with van der Waals surface area (Å²) in [6, 6.07) is 15.0. The first-order valence-corrected chi connectivity index (χ1v) is 9.04. The summed E-state index contributed by atoms with van der Waals surface area (Å²) in [7, 11) is 0. The molecule has 2 N–H and O–H groups in total. The molecule has 2 aromatic carbocycles. The van der Waals surface area contributed by atoms with Crippen LogP contribution in [0.25, 0.3) is 0 Å². The minimum atomic E-state index is -0.0860. The Kier molecular flexibility index (Phi) is 6.44. The second-order valence-corrected chi connectivity index (χ2v) is 6.57. The summed E-state index contributed by atoms with van der Waals surface area (Å²) in [6.07, 6.45) is 1.95. The van der Waals surface area contributed by atoms with Crippen molar-refractivity contribution < 1.29 is 9.59 Å². The number of anilines is 1. The van der Waals surface area contributed by atoms with E-state index >= 15 is 0 Å². The summed E-state index contributed by atoms with van der Waals surface area (Å²) in [5.41, 5.74) is 2.43. The Hall–Kier alpha value is -2.27. The zero-order valence-corrected chi connectivity index (χ0v) is 14.9. The Balaban J connectivity index is 1.95. The van der Waals surface area contributed by atoms with Crippen molar-refractivity contribution in [1.82, 2.24) is 5.32 Å². The number of hydrogen-bond donors (Lipinski definition) is 2. The van der Waals surface area contributed by atoms with Gasteiger partial charge in [0, 0.05) is 23.0 Å². The number of amides is 2. The maximum atomic E-state index is 12.3. The van der Waals surface area contributed by atoms with Gasteiger partial charge in [0.15, 0.2) is 0 Å². The molecule has 2 rings (SSSR count). The maximum absolute atomic E-state index is 12.3. The molecule has 0 aliphatic heterocycles. The van der Waals surface area contributed by atoms with Crippen LogP contribution in [0.5, 0.6) is 0 Å². The lowest BCUT2D eigenvalue weighted by atomic mass is 10.1. The van der Waals surface area contributed by atoms with Crippen LogP contribution in [0.3, 0.4) is 0 Å². The third-order valence-corrected chi connectivity index (χ3v) is 4.35. The van der Waals surface area contributed by atoms with Gasteiger partial charge in [0.25, 0.3) is 5.91 Å². The normalized spacial score (nSPS) is 10.5. The van der Waals surface area contributed by atoms with E-state index in [-0.39, 0.29) is 17.7 Å². The number of carbonyl (C=O) groups is 2. The van der Waals surface area contributed by atoms with Crippen molar-refractivity contribution in [3.63, 3.8) is 0 Å². The molecular formula is C19H22N2O2S. The Morgan fingerprint density at radius 1 is 1.04 bits per heavy atom. The standard InChI is InChI=1S/C19H22N2O2S/c1-13(2)18(22)21-15-10-8-14(9-11-15)12-20-19(23)16-6-4-5-7-17(16)24-3/h4-11,13H,12H2,1-3H3,(H,20,23)(H,21,22). The van der Waals surface area contributed by atoms with Gasteiger partial charge in [-0.2, -0.15) is 0 Å². The molecule has 126 valence electrons. The minimum absolute atomic E-state index is 0.00951. The van der Waals surface area contributed by atoms with Crippen LogP contribution in [-0.4, -0.2) is 18.1 Å². The Bertz CT molecular complexity index is 712. The lowest BCUT2D eigenvalue weighted by molar-refractivity contribution is -0.118. The highest BCUT2D eigenvalue weighted by atomic mass is 32.2. The SMILES string of the molecule is CSc1ccccc1C(=O)NCc1ccc(NC(=O)C(C)C)cc1. The zero-order chi connectivity index (χ0) is 17.5. The fourth-order valence-corrected chi connectivity index (χ4v) is 2.70. The van der Waals surface area contributed by atoms with Crippen LogP contribution in [0.4, 0.5) is 5.69 Å². The topological polar surface area (TPSA) is 58.2 Å². The van der Waals surface area contributed by atoms with Crippen molar-refractivity contribution in [3.05, 3.63) is 59.7 Å². The molecular weight excluding hydrogens is 320 g/mol. The van der Waals surface area contributed by atoms with E-state index in [4.69, 9.17) is 0 Å². The van der Waals surface area contributed by atoms with Crippen LogP contribution in [0.15, 0.2) is 53.4 Å². The van der Waals surface area contributed by atoms with E-state index in [1.54, 1.807) is 11.8 Å². The van der Waals surface area contributed by atoms with E-state index in [0.717, 1.165) is 16.1 Å². The molecule has 0 unspecified atom stereocenters. The molecule has 0 aliphatic rings. The Morgan fingerprint density at radius 3 is 2.33 bits per heavy atom. The quantitative estimate of drug-likeness (QED) is 0.782. The number of thioether (sulfide) groups is 1. The molecule has 0 bridgehead atoms. The van der Waals surface area contributed by atoms with Gasteiger partial charge in [-0.15, -0.1) is 11.8 Å². The van der Waals surface area contributed by atoms with Crippen LogP contribution >= 0.6 is 11.8 Å². The van der Waals surface area contributed by atoms with E-state index in [9.17, 15) is 9.59 Å². The zero-order valence-electron chi connectivity index (χ0n) is 14.1. The van der Waals surface area contributed by atoms with Crippen molar-refractivity contribution in [2.75, 3.05) is 11.6 Å². The molecule has 4 nitrogen and oxygen atoms in total. The van der Waals surface area contributed by atoms with Crippen molar-refractivity contribution in [2.45, 2.75) is 25.3 Å². The van der Waals surface area contributed by atoms with Crippen molar-refractivity contribution >= 4 is 29.3 Å². The largest absolute Gasteiger partial charge is 0.348 e. The van der Waals surface area contributed by atoms with Crippen molar-refractivity contribution in [3.8, 4) is 0 Å². The van der Waals surface area contributed by atoms with E-state index in [1.807, 2.05) is 68.6 Å². The Morgan fingerprint density at radius 2 is 1.71 bits per heavy atom. The van der Waals surface area contributed by atoms with Gasteiger partial charge in [-0.25, -0.2) is 0 Å². The van der Waals surface area contributed by atoms with Gasteiger partial charge >= 0.3 is 0 Å². The van der Waals surface area contributed by atoms with Crippen LogP contribution in [-0.2, 0) is 11.3 Å². The highest BCUT2D eigenvalue weighted by Gasteiger charge is 2.10. The van der Waals surface area contributed by atoms with Gasteiger partial charge in [0.2, 0.25) is 5.91 Å². The van der Waals surface area contributed by atoms with E-state index < -0.39 is 0 Å². The highest BCUT2D eigenvalue weighted by Crippen LogP contribution is 2.19. The second kappa shape index (κ2) is 8.55. The molecule has 0 aliphatic carbocycles. The fourth-order valence-electron chi connectivity index (χ4n) is 2.10. The van der Waals surface area contributed by atoms with Crippen LogP contribution in [0.1, 0.15) is 29.8 Å². The summed E-state index contributed by atoms with van der Waals surface area (Å²) < 4.78 is 0. The van der Waals surface area contributed by atoms with Gasteiger partial charge in [-0.3, -0.25) is 9.59 Å².